The number of nitrogens with zero attached hydrogens (tertiary/aromatic N) is 1. The van der Waals surface area contributed by atoms with Crippen LogP contribution in [0, 0.1) is 0 Å². The van der Waals surface area contributed by atoms with Gasteiger partial charge in [-0.2, -0.15) is 0 Å². The molecule has 2 aromatic rings. The van der Waals surface area contributed by atoms with Gasteiger partial charge in [0.2, 0.25) is 0 Å². The highest BCUT2D eigenvalue weighted by atomic mass is 16.2. The number of anilines is 1. The molecule has 0 radical (unpaired) electrons. The lowest BCUT2D eigenvalue weighted by Crippen LogP contribution is -2.36. The third-order valence-electron chi connectivity index (χ3n) is 3.61. The molecule has 0 saturated carbocycles. The molecule has 0 bridgehead atoms. The number of nitrogens with one attached hydrogen (secondary N) is 2. The average molecular weight is 325 g/mol. The van der Waals surface area contributed by atoms with Gasteiger partial charge >= 0.3 is 11.8 Å². The highest BCUT2D eigenvalue weighted by Crippen LogP contribution is 2.23. The maximum Gasteiger partial charge on any atom is 0.313 e. The Morgan fingerprint density at radius 1 is 1.00 bits per heavy atom. The lowest BCUT2D eigenvalue weighted by Gasteiger charge is -2.19. The van der Waals surface area contributed by atoms with Crippen LogP contribution in [-0.2, 0) is 21.4 Å². The van der Waals surface area contributed by atoms with E-state index in [1.54, 1.807) is 18.3 Å². The second-order valence-electron chi connectivity index (χ2n) is 6.61. The Bertz CT molecular complexity index is 689. The summed E-state index contributed by atoms with van der Waals surface area (Å²) in [6.45, 7) is 6.73. The summed E-state index contributed by atoms with van der Waals surface area (Å²) in [5.74, 6) is -1.31. The molecule has 2 amide bonds. The average Bonchev–Trinajstić information content (AvgIpc) is 2.55. The molecule has 0 aliphatic rings. The van der Waals surface area contributed by atoms with E-state index in [4.69, 9.17) is 0 Å². The summed E-state index contributed by atoms with van der Waals surface area (Å²) < 4.78 is 0. The fourth-order valence-electron chi connectivity index (χ4n) is 2.17. The van der Waals surface area contributed by atoms with Gasteiger partial charge in [0.1, 0.15) is 0 Å². The number of amides is 2. The van der Waals surface area contributed by atoms with Crippen LogP contribution in [0.4, 0.5) is 5.69 Å². The molecular formula is C19H23N3O2. The summed E-state index contributed by atoms with van der Waals surface area (Å²) in [5.41, 5.74) is 2.69. The van der Waals surface area contributed by atoms with Crippen LogP contribution in [0.25, 0.3) is 0 Å². The van der Waals surface area contributed by atoms with E-state index in [1.165, 1.54) is 5.56 Å². The first kappa shape index (κ1) is 17.7. The van der Waals surface area contributed by atoms with Crippen molar-refractivity contribution in [2.75, 3.05) is 11.9 Å². The molecule has 24 heavy (non-hydrogen) atoms. The van der Waals surface area contributed by atoms with Gasteiger partial charge in [-0.25, -0.2) is 0 Å². The fraction of sp³-hybridized carbons (Fsp3) is 0.316. The summed E-state index contributed by atoms with van der Waals surface area (Å²) >= 11 is 0. The molecule has 0 fully saturated rings. The van der Waals surface area contributed by atoms with Crippen molar-refractivity contribution in [3.05, 3.63) is 59.9 Å². The lowest BCUT2D eigenvalue weighted by molar-refractivity contribution is -0.136. The molecule has 0 saturated heterocycles. The Hall–Kier alpha value is -2.69. The minimum Gasteiger partial charge on any atom is -0.347 e. The van der Waals surface area contributed by atoms with Gasteiger partial charge < -0.3 is 10.6 Å². The van der Waals surface area contributed by atoms with Crippen LogP contribution in [-0.4, -0.2) is 23.3 Å². The van der Waals surface area contributed by atoms with Crippen molar-refractivity contribution >= 4 is 17.5 Å². The van der Waals surface area contributed by atoms with Crippen molar-refractivity contribution in [2.24, 2.45) is 0 Å². The number of aromatic nitrogens is 1. The highest BCUT2D eigenvalue weighted by Gasteiger charge is 2.15. The molecule has 1 heterocycles. The standard InChI is InChI=1S/C19H23N3O2/c1-19(2,3)14-7-9-16(10-8-14)22-18(24)17(23)21-13-11-15-6-4-5-12-20-15/h4-10,12H,11,13H2,1-3H3,(H,21,23)(H,22,24). The van der Waals surface area contributed by atoms with Gasteiger partial charge in [0.25, 0.3) is 0 Å². The van der Waals surface area contributed by atoms with Crippen LogP contribution in [0.15, 0.2) is 48.7 Å². The monoisotopic (exact) mass is 325 g/mol. The van der Waals surface area contributed by atoms with Gasteiger partial charge in [0, 0.05) is 30.5 Å². The molecule has 0 spiro atoms. The van der Waals surface area contributed by atoms with Crippen molar-refractivity contribution in [3.8, 4) is 0 Å². The van der Waals surface area contributed by atoms with Gasteiger partial charge in [0.05, 0.1) is 0 Å². The van der Waals surface area contributed by atoms with E-state index >= 15 is 0 Å². The third-order valence-corrected chi connectivity index (χ3v) is 3.61. The van der Waals surface area contributed by atoms with E-state index in [9.17, 15) is 9.59 Å². The molecule has 2 rings (SSSR count). The van der Waals surface area contributed by atoms with Gasteiger partial charge in [-0.15, -0.1) is 0 Å². The molecule has 5 heteroatoms. The molecule has 1 aromatic carbocycles. The number of pyridine rings is 1. The van der Waals surface area contributed by atoms with E-state index in [1.807, 2.05) is 30.3 Å². The van der Waals surface area contributed by atoms with Crippen LogP contribution in [0.3, 0.4) is 0 Å². The van der Waals surface area contributed by atoms with Gasteiger partial charge in [0.15, 0.2) is 0 Å². The minimum atomic E-state index is -0.667. The van der Waals surface area contributed by atoms with Crippen molar-refractivity contribution in [1.82, 2.24) is 10.3 Å². The van der Waals surface area contributed by atoms with Crippen LogP contribution >= 0.6 is 0 Å². The molecule has 0 atom stereocenters. The maximum atomic E-state index is 11.9. The quantitative estimate of drug-likeness (QED) is 0.849. The van der Waals surface area contributed by atoms with Crippen molar-refractivity contribution in [1.29, 1.82) is 0 Å². The smallest absolute Gasteiger partial charge is 0.313 e. The third kappa shape index (κ3) is 5.19. The predicted molar refractivity (Wildman–Crippen MR) is 94.7 cm³/mol. The van der Waals surface area contributed by atoms with E-state index in [0.29, 0.717) is 18.7 Å². The van der Waals surface area contributed by atoms with Crippen LogP contribution in [0.1, 0.15) is 32.0 Å². The molecule has 0 unspecified atom stereocenters. The summed E-state index contributed by atoms with van der Waals surface area (Å²) in [5, 5.41) is 5.20. The first-order valence-electron chi connectivity index (χ1n) is 7.96. The molecule has 2 N–H and O–H groups in total. The molecule has 5 nitrogen and oxygen atoms in total. The normalized spacial score (nSPS) is 11.0. The van der Waals surface area contributed by atoms with E-state index in [2.05, 4.69) is 36.4 Å². The number of hydrogen-bond donors (Lipinski definition) is 2. The van der Waals surface area contributed by atoms with Crippen molar-refractivity contribution in [3.63, 3.8) is 0 Å². The van der Waals surface area contributed by atoms with Gasteiger partial charge in [-0.05, 0) is 35.2 Å². The van der Waals surface area contributed by atoms with Gasteiger partial charge in [-0.3, -0.25) is 14.6 Å². The Morgan fingerprint density at radius 2 is 1.71 bits per heavy atom. The molecule has 0 aliphatic carbocycles. The highest BCUT2D eigenvalue weighted by molar-refractivity contribution is 6.39. The van der Waals surface area contributed by atoms with E-state index in [0.717, 1.165) is 5.69 Å². The Kier molecular flexibility index (Phi) is 5.68. The molecule has 126 valence electrons. The van der Waals surface area contributed by atoms with E-state index < -0.39 is 11.8 Å². The minimum absolute atomic E-state index is 0.0470. The largest absolute Gasteiger partial charge is 0.347 e. The molecular weight excluding hydrogens is 302 g/mol. The number of hydrogen-bond acceptors (Lipinski definition) is 3. The van der Waals surface area contributed by atoms with Gasteiger partial charge in [-0.1, -0.05) is 39.0 Å². The number of benzene rings is 1. The SMILES string of the molecule is CC(C)(C)c1ccc(NC(=O)C(=O)NCCc2ccccn2)cc1. The summed E-state index contributed by atoms with van der Waals surface area (Å²) in [6, 6.07) is 13.1. The molecule has 0 aliphatic heterocycles. The predicted octanol–water partition coefficient (Wildman–Crippen LogP) is 2.68. The van der Waals surface area contributed by atoms with Crippen LogP contribution < -0.4 is 10.6 Å². The summed E-state index contributed by atoms with van der Waals surface area (Å²) in [4.78, 5) is 27.9. The maximum absolute atomic E-state index is 11.9. The van der Waals surface area contributed by atoms with Crippen molar-refractivity contribution < 1.29 is 9.59 Å². The van der Waals surface area contributed by atoms with E-state index in [-0.39, 0.29) is 5.41 Å². The zero-order valence-corrected chi connectivity index (χ0v) is 14.3. The topological polar surface area (TPSA) is 71.1 Å². The second-order valence-corrected chi connectivity index (χ2v) is 6.61. The lowest BCUT2D eigenvalue weighted by atomic mass is 9.87. The summed E-state index contributed by atoms with van der Waals surface area (Å²) in [7, 11) is 0. The van der Waals surface area contributed by atoms with Crippen molar-refractivity contribution in [2.45, 2.75) is 32.6 Å². The number of carbonyl (C=O) groups excluding carboxylic acids is 2. The number of rotatable bonds is 4. The number of carbonyl (C=O) groups is 2. The Morgan fingerprint density at radius 3 is 2.29 bits per heavy atom. The first-order chi connectivity index (χ1) is 11.4. The molecule has 1 aromatic heterocycles. The Balaban J connectivity index is 1.82. The zero-order chi connectivity index (χ0) is 17.6. The second kappa shape index (κ2) is 7.73. The van der Waals surface area contributed by atoms with Crippen LogP contribution in [0.2, 0.25) is 0 Å². The van der Waals surface area contributed by atoms with Crippen LogP contribution in [0.5, 0.6) is 0 Å². The first-order valence-corrected chi connectivity index (χ1v) is 7.96. The Labute approximate surface area is 142 Å². The fourth-order valence-corrected chi connectivity index (χ4v) is 2.17. The zero-order valence-electron chi connectivity index (χ0n) is 14.3. The summed E-state index contributed by atoms with van der Waals surface area (Å²) in [6.07, 6.45) is 2.28.